The summed E-state index contributed by atoms with van der Waals surface area (Å²) in [4.78, 5) is 23.6. The molecule has 0 heterocycles. The zero-order valence-electron chi connectivity index (χ0n) is 14.7. The second-order valence-corrected chi connectivity index (χ2v) is 5.19. The molecule has 0 spiro atoms. The Bertz CT molecular complexity index is 776. The van der Waals surface area contributed by atoms with Crippen molar-refractivity contribution in [2.75, 3.05) is 20.3 Å². The molecule has 7 heteroatoms. The van der Waals surface area contributed by atoms with Crippen molar-refractivity contribution in [3.63, 3.8) is 0 Å². The van der Waals surface area contributed by atoms with E-state index in [1.807, 2.05) is 13.0 Å². The molecule has 2 aromatic rings. The van der Waals surface area contributed by atoms with E-state index in [1.165, 1.54) is 6.21 Å². The summed E-state index contributed by atoms with van der Waals surface area (Å²) in [6.07, 6.45) is 1.48. The molecule has 0 aliphatic heterocycles. The van der Waals surface area contributed by atoms with E-state index in [2.05, 4.69) is 15.8 Å². The molecule has 2 rings (SSSR count). The zero-order chi connectivity index (χ0) is 18.8. The van der Waals surface area contributed by atoms with Gasteiger partial charge in [-0.25, -0.2) is 5.43 Å². The Labute approximate surface area is 152 Å². The van der Waals surface area contributed by atoms with E-state index in [0.29, 0.717) is 23.7 Å². The van der Waals surface area contributed by atoms with E-state index in [-0.39, 0.29) is 12.5 Å². The molecule has 0 bridgehead atoms. The van der Waals surface area contributed by atoms with Crippen LogP contribution < -0.4 is 20.2 Å². The van der Waals surface area contributed by atoms with E-state index in [1.54, 1.807) is 49.6 Å². The topological polar surface area (TPSA) is 89.0 Å². The number of nitrogens with one attached hydrogen (secondary N) is 2. The second kappa shape index (κ2) is 9.83. The molecule has 7 nitrogen and oxygen atoms in total. The van der Waals surface area contributed by atoms with E-state index >= 15 is 0 Å². The minimum Gasteiger partial charge on any atom is -0.493 e. The molecule has 0 radical (unpaired) electrons. The van der Waals surface area contributed by atoms with Crippen LogP contribution in [0.2, 0.25) is 0 Å². The van der Waals surface area contributed by atoms with Crippen molar-refractivity contribution in [3.8, 4) is 11.5 Å². The molecule has 2 amide bonds. The minimum absolute atomic E-state index is 0.169. The van der Waals surface area contributed by atoms with Gasteiger partial charge in [0.15, 0.2) is 11.5 Å². The van der Waals surface area contributed by atoms with Crippen LogP contribution in [0.15, 0.2) is 53.6 Å². The fourth-order valence-corrected chi connectivity index (χ4v) is 2.11. The summed E-state index contributed by atoms with van der Waals surface area (Å²) in [5.74, 6) is 0.474. The van der Waals surface area contributed by atoms with E-state index in [4.69, 9.17) is 9.47 Å². The Morgan fingerprint density at radius 1 is 1.12 bits per heavy atom. The van der Waals surface area contributed by atoms with Gasteiger partial charge in [0, 0.05) is 5.56 Å². The lowest BCUT2D eigenvalue weighted by molar-refractivity contribution is -0.120. The fraction of sp³-hybridized carbons (Fsp3) is 0.211. The van der Waals surface area contributed by atoms with Gasteiger partial charge < -0.3 is 14.8 Å². The van der Waals surface area contributed by atoms with Crippen molar-refractivity contribution < 1.29 is 19.1 Å². The number of nitrogens with zero attached hydrogens (tertiary/aromatic N) is 1. The van der Waals surface area contributed by atoms with Crippen LogP contribution in [0.5, 0.6) is 11.5 Å². The van der Waals surface area contributed by atoms with Crippen molar-refractivity contribution in [3.05, 3.63) is 59.7 Å². The van der Waals surface area contributed by atoms with Gasteiger partial charge in [-0.3, -0.25) is 9.59 Å². The van der Waals surface area contributed by atoms with Crippen LogP contribution in [-0.2, 0) is 4.79 Å². The summed E-state index contributed by atoms with van der Waals surface area (Å²) in [6, 6.07) is 14.0. The van der Waals surface area contributed by atoms with E-state index in [9.17, 15) is 9.59 Å². The van der Waals surface area contributed by atoms with Gasteiger partial charge in [-0.1, -0.05) is 18.2 Å². The van der Waals surface area contributed by atoms with Crippen LogP contribution >= 0.6 is 0 Å². The molecule has 0 unspecified atom stereocenters. The van der Waals surface area contributed by atoms with Crippen molar-refractivity contribution in [1.29, 1.82) is 0 Å². The maximum absolute atomic E-state index is 11.8. The van der Waals surface area contributed by atoms with Crippen molar-refractivity contribution >= 4 is 18.0 Å². The Morgan fingerprint density at radius 3 is 2.58 bits per heavy atom. The smallest absolute Gasteiger partial charge is 0.259 e. The van der Waals surface area contributed by atoms with Crippen molar-refractivity contribution in [2.24, 2.45) is 5.10 Å². The first kappa shape index (κ1) is 19.0. The third-order valence-corrected chi connectivity index (χ3v) is 3.34. The molecule has 0 aliphatic carbocycles. The summed E-state index contributed by atoms with van der Waals surface area (Å²) in [5.41, 5.74) is 3.59. The van der Waals surface area contributed by atoms with Gasteiger partial charge in [0.1, 0.15) is 0 Å². The summed E-state index contributed by atoms with van der Waals surface area (Å²) in [6.45, 7) is 2.26. The standard InChI is InChI=1S/C19H21N3O4/c1-3-26-16-10-9-14(11-17(16)25-2)12-21-22-18(23)13-20-19(24)15-7-5-4-6-8-15/h4-12H,3,13H2,1-2H3,(H,20,24)(H,22,23). The SMILES string of the molecule is CCOc1ccc(C=NNC(=O)CNC(=O)c2ccccc2)cc1OC. The van der Waals surface area contributed by atoms with Gasteiger partial charge in [0.25, 0.3) is 11.8 Å². The van der Waals surface area contributed by atoms with Gasteiger partial charge in [0.05, 0.1) is 26.5 Å². The average Bonchev–Trinajstić information content (AvgIpc) is 2.68. The van der Waals surface area contributed by atoms with Crippen molar-refractivity contribution in [2.45, 2.75) is 6.92 Å². The number of rotatable bonds is 8. The van der Waals surface area contributed by atoms with E-state index < -0.39 is 5.91 Å². The lowest BCUT2D eigenvalue weighted by Crippen LogP contribution is -2.34. The average molecular weight is 355 g/mol. The number of methoxy groups -OCH3 is 1. The predicted molar refractivity (Wildman–Crippen MR) is 98.7 cm³/mol. The quantitative estimate of drug-likeness (QED) is 0.560. The highest BCUT2D eigenvalue weighted by Gasteiger charge is 2.07. The van der Waals surface area contributed by atoms with Crippen LogP contribution in [0, 0.1) is 0 Å². The van der Waals surface area contributed by atoms with Gasteiger partial charge in [-0.2, -0.15) is 5.10 Å². The molecule has 0 atom stereocenters. The second-order valence-electron chi connectivity index (χ2n) is 5.19. The Balaban J connectivity index is 1.84. The normalized spacial score (nSPS) is 10.4. The number of hydrogen-bond acceptors (Lipinski definition) is 5. The first-order chi connectivity index (χ1) is 12.6. The molecule has 26 heavy (non-hydrogen) atoms. The summed E-state index contributed by atoms with van der Waals surface area (Å²) in [5, 5.41) is 6.40. The number of hydrogen-bond donors (Lipinski definition) is 2. The summed E-state index contributed by atoms with van der Waals surface area (Å²) < 4.78 is 10.7. The van der Waals surface area contributed by atoms with Crippen LogP contribution in [0.4, 0.5) is 0 Å². The Hall–Kier alpha value is -3.35. The van der Waals surface area contributed by atoms with E-state index in [0.717, 1.165) is 5.56 Å². The number of hydrazone groups is 1. The zero-order valence-corrected chi connectivity index (χ0v) is 14.7. The van der Waals surface area contributed by atoms with Crippen molar-refractivity contribution in [1.82, 2.24) is 10.7 Å². The third-order valence-electron chi connectivity index (χ3n) is 3.34. The Morgan fingerprint density at radius 2 is 1.88 bits per heavy atom. The number of amides is 2. The molecule has 2 N–H and O–H groups in total. The molecule has 0 saturated heterocycles. The monoisotopic (exact) mass is 355 g/mol. The highest BCUT2D eigenvalue weighted by molar-refractivity contribution is 5.96. The molecule has 0 saturated carbocycles. The highest BCUT2D eigenvalue weighted by atomic mass is 16.5. The molecule has 2 aromatic carbocycles. The molecule has 0 fully saturated rings. The van der Waals surface area contributed by atoms with Gasteiger partial charge in [-0.05, 0) is 42.8 Å². The van der Waals surface area contributed by atoms with Gasteiger partial charge in [-0.15, -0.1) is 0 Å². The summed E-state index contributed by atoms with van der Waals surface area (Å²) in [7, 11) is 1.55. The molecule has 0 aromatic heterocycles. The molecule has 136 valence electrons. The fourth-order valence-electron chi connectivity index (χ4n) is 2.11. The Kier molecular flexibility index (Phi) is 7.17. The largest absolute Gasteiger partial charge is 0.493 e. The number of benzene rings is 2. The maximum atomic E-state index is 11.8. The lowest BCUT2D eigenvalue weighted by atomic mass is 10.2. The third kappa shape index (κ3) is 5.62. The van der Waals surface area contributed by atoms with Gasteiger partial charge >= 0.3 is 0 Å². The van der Waals surface area contributed by atoms with Crippen LogP contribution in [0.3, 0.4) is 0 Å². The lowest BCUT2D eigenvalue weighted by Gasteiger charge is -2.09. The van der Waals surface area contributed by atoms with Gasteiger partial charge in [0.2, 0.25) is 0 Å². The predicted octanol–water partition coefficient (Wildman–Crippen LogP) is 1.97. The molecule has 0 aliphatic rings. The first-order valence-corrected chi connectivity index (χ1v) is 8.10. The number of carbonyl (C=O) groups excluding carboxylic acids is 2. The minimum atomic E-state index is -0.427. The highest BCUT2D eigenvalue weighted by Crippen LogP contribution is 2.27. The summed E-state index contributed by atoms with van der Waals surface area (Å²) >= 11 is 0. The number of carbonyl (C=O) groups is 2. The maximum Gasteiger partial charge on any atom is 0.259 e. The molecular weight excluding hydrogens is 334 g/mol. The van der Waals surface area contributed by atoms with Crippen LogP contribution in [-0.4, -0.2) is 38.3 Å². The van der Waals surface area contributed by atoms with Crippen LogP contribution in [0.1, 0.15) is 22.8 Å². The number of ether oxygens (including phenoxy) is 2. The van der Waals surface area contributed by atoms with Crippen LogP contribution in [0.25, 0.3) is 0 Å². The molecular formula is C19H21N3O4. The first-order valence-electron chi connectivity index (χ1n) is 8.10.